The van der Waals surface area contributed by atoms with Gasteiger partial charge in [-0.25, -0.2) is 29.1 Å². The molecule has 0 fully saturated rings. The van der Waals surface area contributed by atoms with Crippen LogP contribution >= 0.6 is 0 Å². The zero-order chi connectivity index (χ0) is 61.0. The van der Waals surface area contributed by atoms with Crippen molar-refractivity contribution in [2.45, 2.75) is 144 Å². The normalized spacial score (nSPS) is 11.8. The molecule has 0 bridgehead atoms. The molecule has 19 heteroatoms. The number of carbonyl (C=O) groups is 4. The van der Waals surface area contributed by atoms with Gasteiger partial charge in [-0.15, -0.1) is 0 Å². The molecular formula is C62H88N6O12Si. The molecule has 4 amide bonds. The highest BCUT2D eigenvalue weighted by Crippen LogP contribution is 2.36. The molecule has 0 aliphatic rings. The van der Waals surface area contributed by atoms with Gasteiger partial charge in [-0.1, -0.05) is 44.5 Å². The number of aliphatic hydroxyl groups is 1. The highest BCUT2D eigenvalue weighted by molar-refractivity contribution is 6.74. The fourth-order valence-electron chi connectivity index (χ4n) is 6.32. The molecule has 0 aliphatic heterocycles. The summed E-state index contributed by atoms with van der Waals surface area (Å²) >= 11 is 0. The molecule has 2 heterocycles. The summed E-state index contributed by atoms with van der Waals surface area (Å²) in [5.41, 5.74) is 1.82. The summed E-state index contributed by atoms with van der Waals surface area (Å²) in [6, 6.07) is 21.6. The molecule has 2 aromatic heterocycles. The third-order valence-corrected chi connectivity index (χ3v) is 16.0. The van der Waals surface area contributed by atoms with Crippen molar-refractivity contribution in [1.82, 2.24) is 9.97 Å². The van der Waals surface area contributed by atoms with Crippen molar-refractivity contribution in [2.75, 3.05) is 86.4 Å². The Labute approximate surface area is 482 Å². The van der Waals surface area contributed by atoms with Crippen LogP contribution in [-0.4, -0.2) is 137 Å². The minimum atomic E-state index is -1.84. The fourth-order valence-corrected chi connectivity index (χ4v) is 7.35. The van der Waals surface area contributed by atoms with Gasteiger partial charge in [0.25, 0.3) is 0 Å². The lowest BCUT2D eigenvalue weighted by Gasteiger charge is -2.36. The van der Waals surface area contributed by atoms with Gasteiger partial charge in [0.2, 0.25) is 0 Å². The topological polar surface area (TPSA) is 192 Å². The number of benzene rings is 2. The van der Waals surface area contributed by atoms with E-state index in [1.807, 2.05) is 105 Å². The van der Waals surface area contributed by atoms with Gasteiger partial charge >= 0.3 is 24.4 Å². The second kappa shape index (κ2) is 30.2. The summed E-state index contributed by atoms with van der Waals surface area (Å²) in [4.78, 5) is 64.9. The highest BCUT2D eigenvalue weighted by Gasteiger charge is 2.37. The number of nitrogens with zero attached hydrogens (tertiary/aromatic N) is 6. The average Bonchev–Trinajstić information content (AvgIpc) is 3.35. The summed E-state index contributed by atoms with van der Waals surface area (Å²) in [5, 5.41) is 9.03. The number of amides is 4. The van der Waals surface area contributed by atoms with Gasteiger partial charge in [0.15, 0.2) is 8.32 Å². The van der Waals surface area contributed by atoms with E-state index in [0.717, 1.165) is 11.1 Å². The Bertz CT molecular complexity index is 2770. The van der Waals surface area contributed by atoms with Gasteiger partial charge in [-0.2, -0.15) is 0 Å². The number of aliphatic hydroxyl groups excluding tert-OH is 1. The molecule has 442 valence electrons. The molecule has 0 unspecified atom stereocenters. The molecule has 0 aliphatic carbocycles. The van der Waals surface area contributed by atoms with Crippen LogP contribution in [0.3, 0.4) is 0 Å². The lowest BCUT2D eigenvalue weighted by atomic mass is 10.2. The Hall–Kier alpha value is -7.00. The number of ether oxygens (including phenoxy) is 6. The summed E-state index contributed by atoms with van der Waals surface area (Å²) in [6.07, 6.45) is 1.31. The van der Waals surface area contributed by atoms with Crippen LogP contribution in [0.4, 0.5) is 42.2 Å². The number of carbonyl (C=O) groups excluding carboxylic acids is 4. The molecule has 0 spiro atoms. The third kappa shape index (κ3) is 25.6. The van der Waals surface area contributed by atoms with Crippen molar-refractivity contribution in [1.29, 1.82) is 0 Å². The number of aromatic nitrogens is 2. The van der Waals surface area contributed by atoms with Gasteiger partial charge in [-0.05, 0) is 174 Å². The Balaban J connectivity index is 0.000000432. The lowest BCUT2D eigenvalue weighted by Crippen LogP contribution is -2.42. The van der Waals surface area contributed by atoms with Crippen LogP contribution in [0.5, 0.6) is 0 Å². The lowest BCUT2D eigenvalue weighted by molar-refractivity contribution is 0.0538. The second-order valence-corrected chi connectivity index (χ2v) is 29.1. The van der Waals surface area contributed by atoms with Gasteiger partial charge in [0.05, 0.1) is 52.7 Å². The minimum Gasteiger partial charge on any atom is -0.443 e. The van der Waals surface area contributed by atoms with Crippen molar-refractivity contribution < 1.29 is 57.1 Å². The second-order valence-electron chi connectivity index (χ2n) is 24.3. The highest BCUT2D eigenvalue weighted by atomic mass is 28.4. The largest absolute Gasteiger partial charge is 0.443 e. The average molecular weight is 1140 g/mol. The molecule has 18 nitrogen and oxygen atoms in total. The Morgan fingerprint density at radius 3 is 1.09 bits per heavy atom. The Morgan fingerprint density at radius 1 is 0.457 bits per heavy atom. The van der Waals surface area contributed by atoms with Crippen molar-refractivity contribution in [3.63, 3.8) is 0 Å². The van der Waals surface area contributed by atoms with E-state index >= 15 is 0 Å². The van der Waals surface area contributed by atoms with Crippen molar-refractivity contribution in [3.8, 4) is 23.7 Å². The maximum absolute atomic E-state index is 13.0. The van der Waals surface area contributed by atoms with Crippen molar-refractivity contribution in [2.24, 2.45) is 0 Å². The maximum atomic E-state index is 13.0. The minimum absolute atomic E-state index is 0.0960. The van der Waals surface area contributed by atoms with Crippen LogP contribution in [-0.2, 0) is 32.8 Å². The predicted molar refractivity (Wildman–Crippen MR) is 322 cm³/mol. The Kier molecular flexibility index (Phi) is 25.4. The van der Waals surface area contributed by atoms with Crippen molar-refractivity contribution >= 4 is 55.7 Å². The van der Waals surface area contributed by atoms with E-state index in [1.165, 1.54) is 19.6 Å². The van der Waals surface area contributed by atoms with Gasteiger partial charge in [-0.3, -0.25) is 19.6 Å². The van der Waals surface area contributed by atoms with E-state index in [0.29, 0.717) is 54.0 Å². The number of pyridine rings is 2. The van der Waals surface area contributed by atoms with Crippen LogP contribution in [0.15, 0.2) is 85.2 Å². The molecular weight excluding hydrogens is 1050 g/mol. The molecule has 1 N–H and O–H groups in total. The van der Waals surface area contributed by atoms with Crippen LogP contribution in [0.25, 0.3) is 0 Å². The van der Waals surface area contributed by atoms with Crippen LogP contribution < -0.4 is 19.6 Å². The molecule has 4 rings (SSSR count). The number of rotatable bonds is 16. The van der Waals surface area contributed by atoms with E-state index in [4.69, 9.17) is 38.0 Å². The summed E-state index contributed by atoms with van der Waals surface area (Å²) in [5.74, 6) is 13.2. The van der Waals surface area contributed by atoms with E-state index in [9.17, 15) is 19.2 Å². The van der Waals surface area contributed by atoms with Gasteiger partial charge < -0.3 is 38.0 Å². The third-order valence-electron chi connectivity index (χ3n) is 11.5. The summed E-state index contributed by atoms with van der Waals surface area (Å²) in [6.45, 7) is 34.9. The molecule has 81 heavy (non-hydrogen) atoms. The molecule has 0 radical (unpaired) electrons. The number of hydrogen-bond acceptors (Lipinski definition) is 14. The first-order chi connectivity index (χ1) is 37.5. The van der Waals surface area contributed by atoms with Gasteiger partial charge in [0, 0.05) is 60.1 Å². The monoisotopic (exact) mass is 1140 g/mol. The van der Waals surface area contributed by atoms with Crippen LogP contribution in [0, 0.1) is 23.7 Å². The maximum Gasteiger partial charge on any atom is 0.416 e. The van der Waals surface area contributed by atoms with Crippen LogP contribution in [0.2, 0.25) is 18.1 Å². The van der Waals surface area contributed by atoms with E-state index in [1.54, 1.807) is 77.6 Å². The number of hydrogen-bond donors (Lipinski definition) is 1. The number of anilines is 4. The zero-order valence-electron chi connectivity index (χ0n) is 51.4. The first-order valence-electron chi connectivity index (χ1n) is 27.0. The van der Waals surface area contributed by atoms with Gasteiger partial charge in [0.1, 0.15) is 34.0 Å². The standard InChI is InChI=1S/C34H51N3O6Si.C28H37N3O6/c1-32(2,3)42-30(38)36(10)28-18-15-26(16-19-28)13-14-27-17-20-29(35-25-27)37(31(39)43-33(4,5)6)21-22-40-23-24-41-44(11,12)34(7,8)9;1-27(2,3)36-25(33)30(7)23-13-10-21(11-14-23)8-9-22-12-15-24(29-20-22)31(16-18-35-19-17-32)26(34)37-28(4,5)6/h15-20,25H,21-24H2,1-12H3;10-15,20,32H,16-19H2,1-7H3. The molecule has 0 saturated heterocycles. The molecule has 0 atom stereocenters. The summed E-state index contributed by atoms with van der Waals surface area (Å²) in [7, 11) is 1.48. The van der Waals surface area contributed by atoms with E-state index in [2.05, 4.69) is 67.5 Å². The molecule has 2 aromatic carbocycles. The zero-order valence-corrected chi connectivity index (χ0v) is 52.4. The summed E-state index contributed by atoms with van der Waals surface area (Å²) < 4.78 is 39.2. The SMILES string of the molecule is CN(C(=O)OC(C)(C)C)c1ccc(C#Cc2ccc(N(CCOCCO)C(=O)OC(C)(C)C)nc2)cc1.CN(C(=O)OC(C)(C)C)c1ccc(C#Cc2ccc(N(CCOCCO[Si](C)(C)C(C)(C)C)C(=O)OC(C)(C)C)nc2)cc1. The van der Waals surface area contributed by atoms with Crippen molar-refractivity contribution in [3.05, 3.63) is 107 Å². The first-order valence-corrected chi connectivity index (χ1v) is 29.9. The fraction of sp³-hybridized carbons (Fsp3) is 0.516. The molecule has 4 aromatic rings. The Morgan fingerprint density at radius 2 is 0.778 bits per heavy atom. The quantitative estimate of drug-likeness (QED) is 0.0482. The smallest absolute Gasteiger partial charge is 0.416 e. The van der Waals surface area contributed by atoms with E-state index in [-0.39, 0.29) is 37.9 Å². The first kappa shape index (κ1) is 68.3. The molecule has 0 saturated carbocycles. The predicted octanol–water partition coefficient (Wildman–Crippen LogP) is 12.2. The van der Waals surface area contributed by atoms with Crippen LogP contribution in [0.1, 0.15) is 126 Å². The van der Waals surface area contributed by atoms with E-state index < -0.39 is 55.1 Å².